The Morgan fingerprint density at radius 3 is 2.70 bits per heavy atom. The predicted octanol–water partition coefficient (Wildman–Crippen LogP) is 2.55. The zero-order valence-electron chi connectivity index (χ0n) is 10.7. The van der Waals surface area contributed by atoms with Gasteiger partial charge in [-0.25, -0.2) is 0 Å². The fourth-order valence-electron chi connectivity index (χ4n) is 2.03. The van der Waals surface area contributed by atoms with Crippen molar-refractivity contribution in [3.63, 3.8) is 0 Å². The fraction of sp³-hybridized carbons (Fsp3) is 0.143. The molecule has 0 atom stereocenters. The van der Waals surface area contributed by atoms with Crippen LogP contribution >= 0.6 is 15.9 Å². The Labute approximate surface area is 123 Å². The van der Waals surface area contributed by atoms with Gasteiger partial charge in [-0.15, -0.1) is 10.2 Å². The number of aryl methyl sites for hydroxylation is 1. The van der Waals surface area contributed by atoms with Gasteiger partial charge in [-0.2, -0.15) is 4.80 Å². The van der Waals surface area contributed by atoms with Crippen LogP contribution in [0.25, 0.3) is 10.8 Å². The number of hydrogen-bond donors (Lipinski definition) is 0. The minimum absolute atomic E-state index is 0.0113. The van der Waals surface area contributed by atoms with Crippen LogP contribution in [0.15, 0.2) is 40.9 Å². The third kappa shape index (κ3) is 2.60. The van der Waals surface area contributed by atoms with Crippen LogP contribution in [0.4, 0.5) is 0 Å². The molecule has 0 spiro atoms. The Kier molecular flexibility index (Phi) is 3.31. The van der Waals surface area contributed by atoms with Crippen molar-refractivity contribution < 1.29 is 4.79 Å². The maximum absolute atomic E-state index is 12.2. The third-order valence-electron chi connectivity index (χ3n) is 2.99. The van der Waals surface area contributed by atoms with Crippen LogP contribution in [0.1, 0.15) is 16.2 Å². The molecule has 3 rings (SSSR count). The number of hydrogen-bond acceptors (Lipinski definition) is 4. The van der Waals surface area contributed by atoms with Crippen molar-refractivity contribution in [3.8, 4) is 0 Å². The van der Waals surface area contributed by atoms with E-state index in [2.05, 4.69) is 31.3 Å². The first kappa shape index (κ1) is 12.9. The fourth-order valence-corrected chi connectivity index (χ4v) is 2.41. The molecule has 0 unspecified atom stereocenters. The summed E-state index contributed by atoms with van der Waals surface area (Å²) in [4.78, 5) is 13.6. The van der Waals surface area contributed by atoms with E-state index in [9.17, 15) is 4.79 Å². The maximum atomic E-state index is 12.2. The Bertz CT molecular complexity index is 797. The highest BCUT2D eigenvalue weighted by Crippen LogP contribution is 2.21. The van der Waals surface area contributed by atoms with E-state index in [0.29, 0.717) is 11.4 Å². The molecule has 0 bridgehead atoms. The highest BCUT2D eigenvalue weighted by Gasteiger charge is 2.11. The predicted molar refractivity (Wildman–Crippen MR) is 78.5 cm³/mol. The van der Waals surface area contributed by atoms with E-state index >= 15 is 0 Å². The van der Waals surface area contributed by atoms with Crippen LogP contribution in [-0.2, 0) is 13.5 Å². The van der Waals surface area contributed by atoms with Gasteiger partial charge >= 0.3 is 0 Å². The van der Waals surface area contributed by atoms with Crippen molar-refractivity contribution in [2.75, 3.05) is 0 Å². The van der Waals surface area contributed by atoms with Gasteiger partial charge in [0.2, 0.25) is 0 Å². The van der Waals surface area contributed by atoms with E-state index in [4.69, 9.17) is 0 Å². The highest BCUT2D eigenvalue weighted by atomic mass is 79.9. The molecule has 0 aliphatic heterocycles. The molecule has 0 N–H and O–H groups in total. The van der Waals surface area contributed by atoms with Gasteiger partial charge in [-0.1, -0.05) is 34.1 Å². The third-order valence-corrected chi connectivity index (χ3v) is 3.49. The Morgan fingerprint density at radius 2 is 1.95 bits per heavy atom. The van der Waals surface area contributed by atoms with Crippen LogP contribution < -0.4 is 0 Å². The SMILES string of the molecule is Cn1nnc(CC(=O)c2ccc3cc(Br)ccc3c2)n1. The molecule has 2 aromatic carbocycles. The normalized spacial score (nSPS) is 10.9. The second kappa shape index (κ2) is 5.13. The molecule has 0 saturated carbocycles. The van der Waals surface area contributed by atoms with Crippen molar-refractivity contribution in [1.82, 2.24) is 20.2 Å². The molecule has 0 fully saturated rings. The molecule has 100 valence electrons. The number of ketones is 1. The molecule has 1 aromatic heterocycles. The van der Waals surface area contributed by atoms with Gasteiger partial charge < -0.3 is 0 Å². The van der Waals surface area contributed by atoms with Crippen molar-refractivity contribution >= 4 is 32.5 Å². The molecule has 5 nitrogen and oxygen atoms in total. The molecule has 0 aliphatic carbocycles. The van der Waals surface area contributed by atoms with E-state index < -0.39 is 0 Å². The number of carbonyl (C=O) groups is 1. The molecular formula is C14H11BrN4O. The monoisotopic (exact) mass is 330 g/mol. The number of fused-ring (bicyclic) bond motifs is 1. The van der Waals surface area contributed by atoms with Gasteiger partial charge in [0.25, 0.3) is 0 Å². The summed E-state index contributed by atoms with van der Waals surface area (Å²) in [6.45, 7) is 0. The van der Waals surface area contributed by atoms with Crippen LogP contribution in [0.3, 0.4) is 0 Å². The van der Waals surface area contributed by atoms with Crippen LogP contribution in [0.5, 0.6) is 0 Å². The van der Waals surface area contributed by atoms with Gasteiger partial charge in [0, 0.05) is 10.0 Å². The summed E-state index contributed by atoms with van der Waals surface area (Å²) in [5.41, 5.74) is 0.660. The number of halogens is 1. The smallest absolute Gasteiger partial charge is 0.182 e. The lowest BCUT2D eigenvalue weighted by molar-refractivity contribution is 0.0991. The number of tetrazole rings is 1. The molecule has 20 heavy (non-hydrogen) atoms. The molecular weight excluding hydrogens is 320 g/mol. The Morgan fingerprint density at radius 1 is 1.20 bits per heavy atom. The van der Waals surface area contributed by atoms with Gasteiger partial charge in [0.05, 0.1) is 13.5 Å². The van der Waals surface area contributed by atoms with Crippen molar-refractivity contribution in [3.05, 3.63) is 52.3 Å². The van der Waals surface area contributed by atoms with Crippen molar-refractivity contribution in [2.45, 2.75) is 6.42 Å². The van der Waals surface area contributed by atoms with Crippen LogP contribution in [-0.4, -0.2) is 26.0 Å². The Balaban J connectivity index is 1.89. The first-order valence-electron chi connectivity index (χ1n) is 6.07. The number of nitrogens with zero attached hydrogens (tertiary/aromatic N) is 4. The molecule has 0 aliphatic rings. The van der Waals surface area contributed by atoms with Gasteiger partial charge in [-0.3, -0.25) is 4.79 Å². The van der Waals surface area contributed by atoms with E-state index in [0.717, 1.165) is 15.2 Å². The summed E-state index contributed by atoms with van der Waals surface area (Å²) in [7, 11) is 1.68. The minimum atomic E-state index is -0.0113. The number of benzene rings is 2. The topological polar surface area (TPSA) is 60.7 Å². The van der Waals surface area contributed by atoms with E-state index in [1.54, 1.807) is 7.05 Å². The summed E-state index contributed by atoms with van der Waals surface area (Å²) in [5, 5.41) is 13.7. The van der Waals surface area contributed by atoms with E-state index in [-0.39, 0.29) is 12.2 Å². The van der Waals surface area contributed by atoms with Crippen LogP contribution in [0.2, 0.25) is 0 Å². The zero-order valence-corrected chi connectivity index (χ0v) is 12.3. The zero-order chi connectivity index (χ0) is 14.1. The summed E-state index contributed by atoms with van der Waals surface area (Å²) in [6.07, 6.45) is 0.163. The largest absolute Gasteiger partial charge is 0.294 e. The first-order valence-corrected chi connectivity index (χ1v) is 6.86. The van der Waals surface area contributed by atoms with Crippen LogP contribution in [0, 0.1) is 0 Å². The average molecular weight is 331 g/mol. The Hall–Kier alpha value is -2.08. The van der Waals surface area contributed by atoms with E-state index in [1.807, 2.05) is 36.4 Å². The van der Waals surface area contributed by atoms with Gasteiger partial charge in [0.1, 0.15) is 0 Å². The summed E-state index contributed by atoms with van der Waals surface area (Å²) in [5.74, 6) is 0.427. The molecule has 0 saturated heterocycles. The van der Waals surface area contributed by atoms with Crippen molar-refractivity contribution in [2.24, 2.45) is 7.05 Å². The summed E-state index contributed by atoms with van der Waals surface area (Å²) >= 11 is 3.43. The number of carbonyl (C=O) groups excluding carboxylic acids is 1. The highest BCUT2D eigenvalue weighted by molar-refractivity contribution is 9.10. The second-order valence-electron chi connectivity index (χ2n) is 4.50. The van der Waals surface area contributed by atoms with E-state index in [1.165, 1.54) is 4.80 Å². The quantitative estimate of drug-likeness (QED) is 0.692. The van der Waals surface area contributed by atoms with Gasteiger partial charge in [-0.05, 0) is 34.2 Å². The number of rotatable bonds is 3. The molecule has 0 radical (unpaired) electrons. The summed E-state index contributed by atoms with van der Waals surface area (Å²) < 4.78 is 1.02. The number of Topliss-reactive ketones (excluding diaryl/α,β-unsaturated/α-hetero) is 1. The molecule has 0 amide bonds. The molecule has 6 heteroatoms. The average Bonchev–Trinajstić information content (AvgIpc) is 2.83. The first-order chi connectivity index (χ1) is 9.61. The number of aromatic nitrogens is 4. The van der Waals surface area contributed by atoms with Crippen molar-refractivity contribution in [1.29, 1.82) is 0 Å². The maximum Gasteiger partial charge on any atom is 0.182 e. The standard InChI is InChI=1S/C14H11BrN4O/c1-19-17-14(16-18-19)8-13(20)11-3-2-10-7-12(15)5-4-9(10)6-11/h2-7H,8H2,1H3. The summed E-state index contributed by atoms with van der Waals surface area (Å²) in [6, 6.07) is 11.6. The minimum Gasteiger partial charge on any atom is -0.294 e. The molecule has 3 aromatic rings. The second-order valence-corrected chi connectivity index (χ2v) is 5.42. The lowest BCUT2D eigenvalue weighted by atomic mass is 10.0. The lowest BCUT2D eigenvalue weighted by Gasteiger charge is -2.02. The van der Waals surface area contributed by atoms with Gasteiger partial charge in [0.15, 0.2) is 11.6 Å². The lowest BCUT2D eigenvalue weighted by Crippen LogP contribution is -2.05. The molecule has 1 heterocycles.